The number of benzene rings is 3. The van der Waals surface area contributed by atoms with Crippen molar-refractivity contribution in [2.45, 2.75) is 32.7 Å². The molecule has 2 N–H and O–H groups in total. The Morgan fingerprint density at radius 1 is 0.971 bits per heavy atom. The quantitative estimate of drug-likeness (QED) is 0.338. The number of carbonyl (C=O) groups is 2. The Morgan fingerprint density at radius 3 is 2.51 bits per heavy atom. The van der Waals surface area contributed by atoms with Crippen molar-refractivity contribution < 1.29 is 19.1 Å². The lowest BCUT2D eigenvalue weighted by molar-refractivity contribution is -0.118. The number of hydrogen-bond acceptors (Lipinski definition) is 4. The summed E-state index contributed by atoms with van der Waals surface area (Å²) in [5, 5.41) is 15.1. The minimum atomic E-state index is -0.965. The number of carbonyl (C=O) groups excluding carboxylic acids is 1. The molecule has 0 unspecified atom stereocenters. The molecular weight excluding hydrogens is 438 g/mol. The Balaban J connectivity index is 1.48. The van der Waals surface area contributed by atoms with E-state index in [-0.39, 0.29) is 22.8 Å². The van der Waals surface area contributed by atoms with Gasteiger partial charge < -0.3 is 14.8 Å². The van der Waals surface area contributed by atoms with Gasteiger partial charge in [-0.25, -0.2) is 4.79 Å². The molecule has 35 heavy (non-hydrogen) atoms. The highest BCUT2D eigenvalue weighted by Crippen LogP contribution is 2.52. The Morgan fingerprint density at radius 2 is 1.74 bits per heavy atom. The van der Waals surface area contributed by atoms with Crippen molar-refractivity contribution in [3.05, 3.63) is 95.3 Å². The van der Waals surface area contributed by atoms with Gasteiger partial charge in [0.1, 0.15) is 17.6 Å². The number of nitrogens with one attached hydrogen (secondary N) is 1. The molecule has 3 aromatic carbocycles. The van der Waals surface area contributed by atoms with Gasteiger partial charge in [-0.05, 0) is 58.5 Å². The monoisotopic (exact) mass is 463 g/mol. The van der Waals surface area contributed by atoms with E-state index in [1.54, 1.807) is 24.3 Å². The molecule has 0 saturated carbocycles. The van der Waals surface area contributed by atoms with Gasteiger partial charge in [0.2, 0.25) is 0 Å². The van der Waals surface area contributed by atoms with E-state index in [1.807, 2.05) is 24.3 Å². The largest absolute Gasteiger partial charge is 0.478 e. The maximum Gasteiger partial charge on any atom is 0.335 e. The zero-order valence-corrected chi connectivity index (χ0v) is 19.6. The van der Waals surface area contributed by atoms with Crippen LogP contribution in [0.5, 0.6) is 0 Å². The molecule has 1 atom stereocenters. The molecular formula is C30H25NO4. The summed E-state index contributed by atoms with van der Waals surface area (Å²) < 4.78 is 6.27. The first-order chi connectivity index (χ1) is 16.8. The van der Waals surface area contributed by atoms with Crippen LogP contribution < -0.4 is 5.32 Å². The standard InChI is InChI=1S/C30H25NO4/c1-30(2)15-21-26-20-6-4-3-5-17(20)11-12-22(26)31-28(27(21)23(32)16-30)25-14-13-24(35-25)18-7-9-19(10-8-18)29(33)34/h3-14,28,31H,15-16H2,1-2H3,(H,33,34)/t28-/m1/s1. The average molecular weight is 464 g/mol. The third-order valence-corrected chi connectivity index (χ3v) is 7.07. The highest BCUT2D eigenvalue weighted by Gasteiger charge is 2.41. The van der Waals surface area contributed by atoms with Gasteiger partial charge in [0.25, 0.3) is 0 Å². The van der Waals surface area contributed by atoms with E-state index in [2.05, 4.69) is 43.4 Å². The van der Waals surface area contributed by atoms with Crippen LogP contribution in [0.25, 0.3) is 27.7 Å². The van der Waals surface area contributed by atoms with Gasteiger partial charge in [0, 0.05) is 28.8 Å². The third kappa shape index (κ3) is 3.55. The van der Waals surface area contributed by atoms with Crippen molar-refractivity contribution >= 4 is 33.8 Å². The summed E-state index contributed by atoms with van der Waals surface area (Å²) in [6.45, 7) is 4.31. The number of allylic oxidation sites excluding steroid dienone is 1. The van der Waals surface area contributed by atoms with Gasteiger partial charge >= 0.3 is 5.97 Å². The van der Waals surface area contributed by atoms with Crippen LogP contribution in [0.15, 0.2) is 82.8 Å². The molecule has 0 bridgehead atoms. The zero-order chi connectivity index (χ0) is 24.3. The molecule has 1 aliphatic carbocycles. The van der Waals surface area contributed by atoms with E-state index in [0.717, 1.165) is 45.2 Å². The third-order valence-electron chi connectivity index (χ3n) is 7.07. The summed E-state index contributed by atoms with van der Waals surface area (Å²) in [4.78, 5) is 24.7. The molecule has 0 radical (unpaired) electrons. The number of ketones is 1. The van der Waals surface area contributed by atoms with Crippen LogP contribution in [-0.2, 0) is 4.79 Å². The van der Waals surface area contributed by atoms with Crippen LogP contribution in [-0.4, -0.2) is 16.9 Å². The average Bonchev–Trinajstić information content (AvgIpc) is 3.32. The number of aromatic carboxylic acids is 1. The van der Waals surface area contributed by atoms with Gasteiger partial charge in [-0.2, -0.15) is 0 Å². The Kier molecular flexibility index (Phi) is 4.71. The maximum atomic E-state index is 13.6. The number of carboxylic acid groups (broad SMARTS) is 1. The Bertz CT molecular complexity index is 1540. The van der Waals surface area contributed by atoms with E-state index in [0.29, 0.717) is 17.9 Å². The highest BCUT2D eigenvalue weighted by molar-refractivity contribution is 6.12. The molecule has 0 amide bonds. The first kappa shape index (κ1) is 21.4. The lowest BCUT2D eigenvalue weighted by Gasteiger charge is -2.39. The molecule has 1 aromatic heterocycles. The molecule has 5 heteroatoms. The maximum absolute atomic E-state index is 13.6. The van der Waals surface area contributed by atoms with Gasteiger partial charge in [-0.15, -0.1) is 0 Å². The van der Waals surface area contributed by atoms with Gasteiger partial charge in [-0.1, -0.05) is 56.3 Å². The van der Waals surface area contributed by atoms with Crippen molar-refractivity contribution in [3.63, 3.8) is 0 Å². The van der Waals surface area contributed by atoms with E-state index in [9.17, 15) is 9.59 Å². The van der Waals surface area contributed by atoms with Crippen LogP contribution in [0.1, 0.15) is 54.4 Å². The molecule has 2 aliphatic rings. The molecule has 1 aliphatic heterocycles. The highest BCUT2D eigenvalue weighted by atomic mass is 16.4. The number of hydrogen-bond donors (Lipinski definition) is 2. The summed E-state index contributed by atoms with van der Waals surface area (Å²) in [7, 11) is 0. The molecule has 5 nitrogen and oxygen atoms in total. The summed E-state index contributed by atoms with van der Waals surface area (Å²) in [6.07, 6.45) is 1.31. The van der Waals surface area contributed by atoms with E-state index in [1.165, 1.54) is 0 Å². The molecule has 0 saturated heterocycles. The smallest absolute Gasteiger partial charge is 0.335 e. The summed E-state index contributed by atoms with van der Waals surface area (Å²) >= 11 is 0. The summed E-state index contributed by atoms with van der Waals surface area (Å²) in [5.41, 5.74) is 4.90. The summed E-state index contributed by atoms with van der Waals surface area (Å²) in [6, 6.07) is 22.5. The number of fused-ring (bicyclic) bond motifs is 4. The van der Waals surface area contributed by atoms with Crippen LogP contribution >= 0.6 is 0 Å². The SMILES string of the molecule is CC1(C)CC(=O)C2=C(C1)c1c(ccc3ccccc13)N[C@@H]2c1ccc(-c2ccc(C(=O)O)cc2)o1. The first-order valence-electron chi connectivity index (χ1n) is 11.8. The van der Waals surface area contributed by atoms with Crippen molar-refractivity contribution in [2.24, 2.45) is 5.41 Å². The lowest BCUT2D eigenvalue weighted by atomic mass is 9.68. The van der Waals surface area contributed by atoms with E-state index < -0.39 is 5.97 Å². The van der Waals surface area contributed by atoms with Gasteiger partial charge in [0.15, 0.2) is 5.78 Å². The number of Topliss-reactive ketones (excluding diaryl/α,β-unsaturated/α-hetero) is 1. The van der Waals surface area contributed by atoms with Crippen molar-refractivity contribution in [1.82, 2.24) is 0 Å². The molecule has 4 aromatic rings. The van der Waals surface area contributed by atoms with Crippen molar-refractivity contribution in [1.29, 1.82) is 0 Å². The minimum Gasteiger partial charge on any atom is -0.478 e. The predicted octanol–water partition coefficient (Wildman–Crippen LogP) is 7.11. The topological polar surface area (TPSA) is 79.5 Å². The number of anilines is 1. The number of rotatable bonds is 3. The van der Waals surface area contributed by atoms with E-state index >= 15 is 0 Å². The number of carboxylic acids is 1. The second kappa shape index (κ2) is 7.70. The molecule has 2 heterocycles. The Hall–Kier alpha value is -4.12. The van der Waals surface area contributed by atoms with Crippen LogP contribution in [0, 0.1) is 5.41 Å². The fourth-order valence-electron chi connectivity index (χ4n) is 5.49. The molecule has 174 valence electrons. The van der Waals surface area contributed by atoms with Crippen molar-refractivity contribution in [3.8, 4) is 11.3 Å². The second-order valence-electron chi connectivity index (χ2n) is 10.2. The first-order valence-corrected chi connectivity index (χ1v) is 11.8. The van der Waals surface area contributed by atoms with E-state index in [4.69, 9.17) is 9.52 Å². The van der Waals surface area contributed by atoms with Crippen molar-refractivity contribution in [2.75, 3.05) is 5.32 Å². The minimum absolute atomic E-state index is 0.119. The second-order valence-corrected chi connectivity index (χ2v) is 10.2. The van der Waals surface area contributed by atoms with Crippen LogP contribution in [0.2, 0.25) is 0 Å². The zero-order valence-electron chi connectivity index (χ0n) is 19.6. The van der Waals surface area contributed by atoms with Crippen LogP contribution in [0.3, 0.4) is 0 Å². The van der Waals surface area contributed by atoms with Gasteiger partial charge in [0.05, 0.1) is 5.56 Å². The van der Waals surface area contributed by atoms with Crippen LogP contribution in [0.4, 0.5) is 5.69 Å². The lowest BCUT2D eigenvalue weighted by Crippen LogP contribution is -2.33. The Labute approximate surface area is 203 Å². The predicted molar refractivity (Wildman–Crippen MR) is 136 cm³/mol. The molecule has 0 fully saturated rings. The normalized spacial score (nSPS) is 18.7. The molecule has 6 rings (SSSR count). The fourth-order valence-corrected chi connectivity index (χ4v) is 5.49. The summed E-state index contributed by atoms with van der Waals surface area (Å²) in [5.74, 6) is 0.485. The fraction of sp³-hybridized carbons (Fsp3) is 0.200. The number of furan rings is 1. The molecule has 0 spiro atoms. The van der Waals surface area contributed by atoms with Gasteiger partial charge in [-0.3, -0.25) is 4.79 Å².